The summed E-state index contributed by atoms with van der Waals surface area (Å²) in [6.45, 7) is 1.87. The number of rotatable bonds is 3. The van der Waals surface area contributed by atoms with Crippen molar-refractivity contribution in [1.29, 1.82) is 0 Å². The van der Waals surface area contributed by atoms with Crippen LogP contribution in [0.25, 0.3) is 0 Å². The van der Waals surface area contributed by atoms with Crippen molar-refractivity contribution in [3.05, 3.63) is 35.4 Å². The van der Waals surface area contributed by atoms with Gasteiger partial charge in [0.2, 0.25) is 5.91 Å². The van der Waals surface area contributed by atoms with Gasteiger partial charge in [-0.25, -0.2) is 0 Å². The van der Waals surface area contributed by atoms with Crippen molar-refractivity contribution in [3.8, 4) is 11.8 Å². The highest BCUT2D eigenvalue weighted by Crippen LogP contribution is 2.29. The maximum absolute atomic E-state index is 12.7. The molecule has 2 rings (SSSR count). The number of benzene rings is 1. The number of nitrogens with zero attached hydrogens (tertiary/aromatic N) is 2. The zero-order valence-corrected chi connectivity index (χ0v) is 18.8. The number of likely N-dealkylation sites (tertiary alicyclic amines) is 1. The number of amides is 1. The molecule has 5 nitrogen and oxygen atoms in total. The van der Waals surface area contributed by atoms with Gasteiger partial charge in [0.25, 0.3) is 0 Å². The Balaban J connectivity index is 0.00000420. The molecule has 160 valence electrons. The monoisotopic (exact) mass is 522 g/mol. The maximum Gasteiger partial charge on any atom is 0.416 e. The average molecular weight is 522 g/mol. The second-order valence-electron chi connectivity index (χ2n) is 6.59. The van der Waals surface area contributed by atoms with Crippen molar-refractivity contribution < 1.29 is 18.0 Å². The molecule has 1 aliphatic heterocycles. The molecule has 0 aliphatic carbocycles. The van der Waals surface area contributed by atoms with E-state index in [0.29, 0.717) is 23.9 Å². The van der Waals surface area contributed by atoms with Crippen LogP contribution in [0.3, 0.4) is 0 Å². The Hall–Kier alpha value is -1.96. The molecule has 1 amide bonds. The predicted molar refractivity (Wildman–Crippen MR) is 118 cm³/mol. The fourth-order valence-corrected chi connectivity index (χ4v) is 3.09. The van der Waals surface area contributed by atoms with Gasteiger partial charge in [-0.1, -0.05) is 17.9 Å². The summed E-state index contributed by atoms with van der Waals surface area (Å²) in [4.78, 5) is 17.8. The SMILES string of the molecule is CN=C(NCC#Cc1cccc(C(F)(F)F)c1)N1CCC(CC(=O)NC)CC1.I. The number of nitrogens with one attached hydrogen (secondary N) is 2. The number of alkyl halides is 3. The van der Waals surface area contributed by atoms with Crippen LogP contribution in [0, 0.1) is 17.8 Å². The summed E-state index contributed by atoms with van der Waals surface area (Å²) in [5.41, 5.74) is -0.385. The average Bonchev–Trinajstić information content (AvgIpc) is 2.68. The number of hydrogen-bond donors (Lipinski definition) is 2. The number of carbonyl (C=O) groups excluding carboxylic acids is 1. The summed E-state index contributed by atoms with van der Waals surface area (Å²) >= 11 is 0. The largest absolute Gasteiger partial charge is 0.416 e. The molecule has 1 fully saturated rings. The van der Waals surface area contributed by atoms with Gasteiger partial charge >= 0.3 is 6.18 Å². The van der Waals surface area contributed by atoms with Gasteiger partial charge in [0, 0.05) is 39.2 Å². The Kier molecular flexibility index (Phi) is 10.3. The van der Waals surface area contributed by atoms with Crippen LogP contribution in [-0.4, -0.2) is 50.5 Å². The number of guanidine groups is 1. The molecule has 29 heavy (non-hydrogen) atoms. The van der Waals surface area contributed by atoms with Crippen molar-refractivity contribution in [2.45, 2.75) is 25.4 Å². The fourth-order valence-electron chi connectivity index (χ4n) is 3.09. The van der Waals surface area contributed by atoms with Gasteiger partial charge in [0.1, 0.15) is 0 Å². The summed E-state index contributed by atoms with van der Waals surface area (Å²) < 4.78 is 38.2. The Bertz CT molecular complexity index is 763. The second kappa shape index (κ2) is 11.9. The van der Waals surface area contributed by atoms with E-state index in [9.17, 15) is 18.0 Å². The molecular formula is C20H26F3IN4O. The van der Waals surface area contributed by atoms with Crippen LogP contribution in [-0.2, 0) is 11.0 Å². The van der Waals surface area contributed by atoms with E-state index in [0.717, 1.165) is 38.1 Å². The van der Waals surface area contributed by atoms with E-state index in [-0.39, 0.29) is 36.4 Å². The van der Waals surface area contributed by atoms with Crippen molar-refractivity contribution in [3.63, 3.8) is 0 Å². The highest BCUT2D eigenvalue weighted by molar-refractivity contribution is 14.0. The standard InChI is InChI=1S/C20H25F3N4O.HI/c1-24-18(28)14-16-8-11-27(12-9-16)19(25-2)26-10-4-6-15-5-3-7-17(13-15)20(21,22)23;/h3,5,7,13,16H,8-12,14H2,1-2H3,(H,24,28)(H,25,26);1H. The molecule has 1 saturated heterocycles. The molecule has 1 aromatic carbocycles. The minimum atomic E-state index is -4.37. The molecule has 1 aliphatic rings. The molecule has 0 bridgehead atoms. The fraction of sp³-hybridized carbons (Fsp3) is 0.500. The Morgan fingerprint density at radius 2 is 2.00 bits per heavy atom. The quantitative estimate of drug-likeness (QED) is 0.278. The maximum atomic E-state index is 12.7. The van der Waals surface area contributed by atoms with Gasteiger partial charge in [-0.05, 0) is 37.0 Å². The third-order valence-electron chi connectivity index (χ3n) is 4.64. The molecule has 9 heteroatoms. The van der Waals surface area contributed by atoms with Crippen LogP contribution in [0.1, 0.15) is 30.4 Å². The lowest BCUT2D eigenvalue weighted by Crippen LogP contribution is -2.46. The minimum absolute atomic E-state index is 0. The second-order valence-corrected chi connectivity index (χ2v) is 6.59. The van der Waals surface area contributed by atoms with Crippen LogP contribution in [0.4, 0.5) is 13.2 Å². The first kappa shape index (κ1) is 25.1. The van der Waals surface area contributed by atoms with E-state index in [1.54, 1.807) is 20.2 Å². The molecule has 1 heterocycles. The molecule has 0 saturated carbocycles. The van der Waals surface area contributed by atoms with Crippen LogP contribution < -0.4 is 10.6 Å². The third-order valence-corrected chi connectivity index (χ3v) is 4.64. The summed E-state index contributed by atoms with van der Waals surface area (Å²) in [5, 5.41) is 5.77. The zero-order valence-electron chi connectivity index (χ0n) is 16.5. The Morgan fingerprint density at radius 1 is 1.31 bits per heavy atom. The van der Waals surface area contributed by atoms with E-state index in [1.807, 2.05) is 0 Å². The first-order valence-corrected chi connectivity index (χ1v) is 9.15. The van der Waals surface area contributed by atoms with Crippen LogP contribution in [0.15, 0.2) is 29.3 Å². The molecule has 0 radical (unpaired) electrons. The van der Waals surface area contributed by atoms with Crippen LogP contribution in [0.5, 0.6) is 0 Å². The zero-order chi connectivity index (χ0) is 20.6. The summed E-state index contributed by atoms with van der Waals surface area (Å²) in [6.07, 6.45) is -2.02. The number of aliphatic imine (C=N–C) groups is 1. The summed E-state index contributed by atoms with van der Waals surface area (Å²) in [6, 6.07) is 4.97. The first-order chi connectivity index (χ1) is 13.3. The van der Waals surface area contributed by atoms with Gasteiger partial charge in [-0.3, -0.25) is 9.79 Å². The lowest BCUT2D eigenvalue weighted by atomic mass is 9.93. The molecular weight excluding hydrogens is 496 g/mol. The first-order valence-electron chi connectivity index (χ1n) is 9.15. The van der Waals surface area contributed by atoms with E-state index in [1.165, 1.54) is 6.07 Å². The molecule has 0 unspecified atom stereocenters. The van der Waals surface area contributed by atoms with Gasteiger partial charge in [-0.2, -0.15) is 13.2 Å². The normalized spacial score (nSPS) is 15.1. The van der Waals surface area contributed by atoms with Crippen LogP contribution in [0.2, 0.25) is 0 Å². The van der Waals surface area contributed by atoms with Crippen molar-refractivity contribution in [2.75, 3.05) is 33.7 Å². The van der Waals surface area contributed by atoms with Crippen molar-refractivity contribution in [2.24, 2.45) is 10.9 Å². The lowest BCUT2D eigenvalue weighted by molar-refractivity contribution is -0.137. The Morgan fingerprint density at radius 3 is 2.59 bits per heavy atom. The highest BCUT2D eigenvalue weighted by atomic mass is 127. The van der Waals surface area contributed by atoms with E-state index < -0.39 is 11.7 Å². The summed E-state index contributed by atoms with van der Waals surface area (Å²) in [7, 11) is 3.32. The molecule has 2 N–H and O–H groups in total. The van der Waals surface area contributed by atoms with E-state index >= 15 is 0 Å². The minimum Gasteiger partial charge on any atom is -0.359 e. The summed E-state index contributed by atoms with van der Waals surface area (Å²) in [5.74, 6) is 6.72. The lowest BCUT2D eigenvalue weighted by Gasteiger charge is -2.33. The topological polar surface area (TPSA) is 56.7 Å². The number of hydrogen-bond acceptors (Lipinski definition) is 2. The van der Waals surface area contributed by atoms with Crippen LogP contribution >= 0.6 is 24.0 Å². The van der Waals surface area contributed by atoms with Gasteiger partial charge < -0.3 is 15.5 Å². The molecule has 0 spiro atoms. The molecule has 0 aromatic heterocycles. The molecule has 1 aromatic rings. The van der Waals surface area contributed by atoms with E-state index in [4.69, 9.17) is 0 Å². The number of piperidine rings is 1. The van der Waals surface area contributed by atoms with Crippen molar-refractivity contribution >= 4 is 35.8 Å². The third kappa shape index (κ3) is 8.12. The predicted octanol–water partition coefficient (Wildman–Crippen LogP) is 3.10. The number of carbonyl (C=O) groups is 1. The van der Waals surface area contributed by atoms with Gasteiger partial charge in [0.15, 0.2) is 5.96 Å². The number of halogens is 4. The van der Waals surface area contributed by atoms with Gasteiger partial charge in [-0.15, -0.1) is 24.0 Å². The van der Waals surface area contributed by atoms with Crippen molar-refractivity contribution in [1.82, 2.24) is 15.5 Å². The van der Waals surface area contributed by atoms with E-state index in [2.05, 4.69) is 32.4 Å². The Labute approximate surface area is 186 Å². The molecule has 0 atom stereocenters. The van der Waals surface area contributed by atoms with Gasteiger partial charge in [0.05, 0.1) is 12.1 Å². The highest BCUT2D eigenvalue weighted by Gasteiger charge is 2.30. The smallest absolute Gasteiger partial charge is 0.359 e.